The Morgan fingerprint density at radius 3 is 2.54 bits per heavy atom. The average Bonchev–Trinajstić information content (AvgIpc) is 2.83. The van der Waals surface area contributed by atoms with Crippen LogP contribution in [0.3, 0.4) is 0 Å². The van der Waals surface area contributed by atoms with E-state index in [-0.39, 0.29) is 30.6 Å². The lowest BCUT2D eigenvalue weighted by atomic mass is 10.1. The highest BCUT2D eigenvalue weighted by molar-refractivity contribution is 6.06. The number of imide groups is 1. The number of nitrogens with zero attached hydrogens (tertiary/aromatic N) is 1. The zero-order valence-electron chi connectivity index (χ0n) is 13.5. The molecule has 2 amide bonds. The van der Waals surface area contributed by atoms with Gasteiger partial charge in [0, 0.05) is 12.2 Å². The normalized spacial score (nSPS) is 17.4. The molecule has 4 nitrogen and oxygen atoms in total. The number of hydrogen-bond acceptors (Lipinski definition) is 3. The first-order valence-corrected chi connectivity index (χ1v) is 7.95. The first kappa shape index (κ1) is 16.2. The van der Waals surface area contributed by atoms with Crippen LogP contribution in [-0.2, 0) is 16.0 Å². The molecule has 1 saturated heterocycles. The molecule has 1 aliphatic heterocycles. The van der Waals surface area contributed by atoms with Crippen molar-refractivity contribution in [1.29, 1.82) is 0 Å². The van der Waals surface area contributed by atoms with Crippen molar-refractivity contribution in [3.63, 3.8) is 0 Å². The first-order chi connectivity index (χ1) is 11.5. The molecule has 0 unspecified atom stereocenters. The molecule has 0 aromatic heterocycles. The van der Waals surface area contributed by atoms with Gasteiger partial charge in [0.2, 0.25) is 5.91 Å². The van der Waals surface area contributed by atoms with Gasteiger partial charge in [0.25, 0.3) is 5.91 Å². The van der Waals surface area contributed by atoms with Gasteiger partial charge in [-0.15, -0.1) is 0 Å². The molecule has 24 heavy (non-hydrogen) atoms. The standard InChI is InChI=1S/C19H19FN2O2/c1-13-6-8-15(9-7-13)21-17-12-18(23)22(19(17)24)11-10-14-4-2-3-5-16(14)20/h2-9,17,21H,10-12H2,1H3/t17-/m0/s1. The summed E-state index contributed by atoms with van der Waals surface area (Å²) in [5, 5.41) is 3.10. The molecule has 2 aromatic carbocycles. The number of carbonyl (C=O) groups excluding carboxylic acids is 2. The highest BCUT2D eigenvalue weighted by atomic mass is 19.1. The molecule has 1 N–H and O–H groups in total. The van der Waals surface area contributed by atoms with Crippen LogP contribution in [0.15, 0.2) is 48.5 Å². The Morgan fingerprint density at radius 2 is 1.83 bits per heavy atom. The van der Waals surface area contributed by atoms with E-state index in [4.69, 9.17) is 0 Å². The van der Waals surface area contributed by atoms with Crippen molar-refractivity contribution in [2.24, 2.45) is 0 Å². The van der Waals surface area contributed by atoms with E-state index >= 15 is 0 Å². The molecule has 1 aliphatic rings. The topological polar surface area (TPSA) is 49.4 Å². The summed E-state index contributed by atoms with van der Waals surface area (Å²) in [5.74, 6) is -0.788. The molecule has 2 aromatic rings. The lowest BCUT2D eigenvalue weighted by Gasteiger charge is -2.16. The first-order valence-electron chi connectivity index (χ1n) is 7.95. The molecule has 5 heteroatoms. The van der Waals surface area contributed by atoms with Crippen LogP contribution < -0.4 is 5.32 Å². The summed E-state index contributed by atoms with van der Waals surface area (Å²) in [7, 11) is 0. The zero-order valence-corrected chi connectivity index (χ0v) is 13.5. The highest BCUT2D eigenvalue weighted by Gasteiger charge is 2.38. The van der Waals surface area contributed by atoms with Gasteiger partial charge >= 0.3 is 0 Å². The molecule has 0 aliphatic carbocycles. The predicted octanol–water partition coefficient (Wildman–Crippen LogP) is 2.92. The third-order valence-electron chi connectivity index (χ3n) is 4.20. The van der Waals surface area contributed by atoms with Gasteiger partial charge in [-0.3, -0.25) is 14.5 Å². The smallest absolute Gasteiger partial charge is 0.252 e. The Bertz CT molecular complexity index is 758. The molecule has 0 bridgehead atoms. The summed E-state index contributed by atoms with van der Waals surface area (Å²) >= 11 is 0. The van der Waals surface area contributed by atoms with E-state index in [1.54, 1.807) is 18.2 Å². The number of halogens is 1. The van der Waals surface area contributed by atoms with Crippen LogP contribution in [0.2, 0.25) is 0 Å². The maximum atomic E-state index is 13.7. The fourth-order valence-electron chi connectivity index (χ4n) is 2.82. The fourth-order valence-corrected chi connectivity index (χ4v) is 2.82. The number of anilines is 1. The third kappa shape index (κ3) is 3.45. The largest absolute Gasteiger partial charge is 0.373 e. The maximum absolute atomic E-state index is 13.7. The van der Waals surface area contributed by atoms with Crippen molar-refractivity contribution in [2.75, 3.05) is 11.9 Å². The summed E-state index contributed by atoms with van der Waals surface area (Å²) in [4.78, 5) is 25.8. The lowest BCUT2D eigenvalue weighted by Crippen LogP contribution is -2.36. The van der Waals surface area contributed by atoms with Crippen LogP contribution in [0.1, 0.15) is 17.5 Å². The van der Waals surface area contributed by atoms with Crippen LogP contribution in [0.4, 0.5) is 10.1 Å². The second-order valence-corrected chi connectivity index (χ2v) is 5.99. The molecule has 0 saturated carbocycles. The van der Waals surface area contributed by atoms with Gasteiger partial charge in [-0.25, -0.2) is 4.39 Å². The average molecular weight is 326 g/mol. The monoisotopic (exact) mass is 326 g/mol. The lowest BCUT2D eigenvalue weighted by molar-refractivity contribution is -0.138. The Hall–Kier alpha value is -2.69. The van der Waals surface area contributed by atoms with Crippen LogP contribution in [0, 0.1) is 12.7 Å². The van der Waals surface area contributed by atoms with E-state index in [0.29, 0.717) is 12.0 Å². The fraction of sp³-hybridized carbons (Fsp3) is 0.263. The van der Waals surface area contributed by atoms with Crippen LogP contribution >= 0.6 is 0 Å². The minimum atomic E-state index is -0.555. The summed E-state index contributed by atoms with van der Waals surface area (Å²) in [6, 6.07) is 13.5. The van der Waals surface area contributed by atoms with Gasteiger partial charge in [-0.05, 0) is 37.1 Å². The minimum Gasteiger partial charge on any atom is -0.373 e. The van der Waals surface area contributed by atoms with Crippen molar-refractivity contribution in [3.05, 3.63) is 65.5 Å². The molecular formula is C19H19FN2O2. The summed E-state index contributed by atoms with van der Waals surface area (Å²) < 4.78 is 13.7. The van der Waals surface area contributed by atoms with E-state index in [9.17, 15) is 14.0 Å². The quantitative estimate of drug-likeness (QED) is 0.860. The molecule has 0 spiro atoms. The van der Waals surface area contributed by atoms with Crippen LogP contribution in [-0.4, -0.2) is 29.3 Å². The Labute approximate surface area is 140 Å². The van der Waals surface area contributed by atoms with Crippen molar-refractivity contribution in [2.45, 2.75) is 25.8 Å². The highest BCUT2D eigenvalue weighted by Crippen LogP contribution is 2.19. The van der Waals surface area contributed by atoms with Gasteiger partial charge in [-0.1, -0.05) is 35.9 Å². The minimum absolute atomic E-state index is 0.129. The van der Waals surface area contributed by atoms with Gasteiger partial charge in [0.15, 0.2) is 0 Å². The van der Waals surface area contributed by atoms with Crippen molar-refractivity contribution < 1.29 is 14.0 Å². The number of carbonyl (C=O) groups is 2. The molecule has 1 atom stereocenters. The van der Waals surface area contributed by atoms with Crippen molar-refractivity contribution in [1.82, 2.24) is 4.90 Å². The molecule has 1 fully saturated rings. The van der Waals surface area contributed by atoms with Gasteiger partial charge in [-0.2, -0.15) is 0 Å². The molecular weight excluding hydrogens is 307 g/mol. The SMILES string of the molecule is Cc1ccc(N[C@H]2CC(=O)N(CCc3ccccc3F)C2=O)cc1. The van der Waals surface area contributed by atoms with E-state index in [0.717, 1.165) is 11.3 Å². The third-order valence-corrected chi connectivity index (χ3v) is 4.20. The number of likely N-dealkylation sites (tertiary alicyclic amines) is 1. The van der Waals surface area contributed by atoms with Crippen molar-refractivity contribution >= 4 is 17.5 Å². The maximum Gasteiger partial charge on any atom is 0.252 e. The number of nitrogens with one attached hydrogen (secondary N) is 1. The van der Waals surface area contributed by atoms with E-state index in [2.05, 4.69) is 5.32 Å². The van der Waals surface area contributed by atoms with Crippen LogP contribution in [0.25, 0.3) is 0 Å². The molecule has 0 radical (unpaired) electrons. The number of amides is 2. The Morgan fingerprint density at radius 1 is 1.12 bits per heavy atom. The van der Waals surface area contributed by atoms with Gasteiger partial charge in [0.1, 0.15) is 11.9 Å². The molecule has 124 valence electrons. The summed E-state index contributed by atoms with van der Waals surface area (Å²) in [5.41, 5.74) is 2.44. The second-order valence-electron chi connectivity index (χ2n) is 5.99. The Balaban J connectivity index is 1.63. The molecule has 3 rings (SSSR count). The summed E-state index contributed by atoms with van der Waals surface area (Å²) in [6.45, 7) is 2.18. The molecule has 1 heterocycles. The van der Waals surface area contributed by atoms with E-state index < -0.39 is 6.04 Å². The summed E-state index contributed by atoms with van der Waals surface area (Å²) in [6.07, 6.45) is 0.450. The van der Waals surface area contributed by atoms with Gasteiger partial charge in [0.05, 0.1) is 6.42 Å². The Kier molecular flexibility index (Phi) is 4.60. The zero-order chi connectivity index (χ0) is 17.1. The van der Waals surface area contributed by atoms with E-state index in [1.165, 1.54) is 11.0 Å². The number of benzene rings is 2. The number of hydrogen-bond donors (Lipinski definition) is 1. The van der Waals surface area contributed by atoms with Gasteiger partial charge < -0.3 is 5.32 Å². The predicted molar refractivity (Wildman–Crippen MR) is 90.0 cm³/mol. The van der Waals surface area contributed by atoms with Crippen molar-refractivity contribution in [3.8, 4) is 0 Å². The number of rotatable bonds is 5. The number of aryl methyl sites for hydroxylation is 1. The van der Waals surface area contributed by atoms with Crippen LogP contribution in [0.5, 0.6) is 0 Å². The second kappa shape index (κ2) is 6.83. The van der Waals surface area contributed by atoms with E-state index in [1.807, 2.05) is 31.2 Å².